The lowest BCUT2D eigenvalue weighted by atomic mass is 9.99. The number of hydrogen-bond acceptors (Lipinski definition) is 3. The van der Waals surface area contributed by atoms with Gasteiger partial charge in [0.1, 0.15) is 0 Å². The molecule has 0 atom stereocenters. The third kappa shape index (κ3) is 4.52. The average Bonchev–Trinajstić information content (AvgIpc) is 3.25. The number of carbonyl (C=O) groups excluding carboxylic acids is 1. The van der Waals surface area contributed by atoms with E-state index in [1.165, 1.54) is 0 Å². The zero-order valence-electron chi connectivity index (χ0n) is 18.1. The Morgan fingerprint density at radius 3 is 2.18 bits per heavy atom. The highest BCUT2D eigenvalue weighted by atomic mass is 19.4. The highest BCUT2D eigenvalue weighted by molar-refractivity contribution is 6.04. The summed E-state index contributed by atoms with van der Waals surface area (Å²) in [4.78, 5) is 14.2. The molecular formula is C23H20F6N4O. The molecule has 0 saturated heterocycles. The SMILES string of the molecule is CC1(C)c2[nH]nc(NC(=O)c3ccccc3)c2CN1Cc1cc(C(F)(F)F)cc(C(F)(F)F)c1. The number of aromatic nitrogens is 2. The van der Waals surface area contributed by atoms with Gasteiger partial charge in [-0.05, 0) is 49.7 Å². The maximum absolute atomic E-state index is 13.2. The number of alkyl halides is 6. The van der Waals surface area contributed by atoms with Crippen molar-refractivity contribution < 1.29 is 31.1 Å². The molecule has 1 amide bonds. The van der Waals surface area contributed by atoms with Gasteiger partial charge in [0.05, 0.1) is 22.4 Å². The van der Waals surface area contributed by atoms with Crippen LogP contribution in [0.4, 0.5) is 32.2 Å². The van der Waals surface area contributed by atoms with Gasteiger partial charge in [-0.15, -0.1) is 0 Å². The minimum Gasteiger partial charge on any atom is -0.305 e. The Labute approximate surface area is 190 Å². The van der Waals surface area contributed by atoms with Gasteiger partial charge < -0.3 is 5.32 Å². The van der Waals surface area contributed by atoms with E-state index < -0.39 is 29.0 Å². The average molecular weight is 482 g/mol. The van der Waals surface area contributed by atoms with Gasteiger partial charge >= 0.3 is 12.4 Å². The van der Waals surface area contributed by atoms with Crippen LogP contribution in [0.1, 0.15) is 52.2 Å². The summed E-state index contributed by atoms with van der Waals surface area (Å²) in [5, 5.41) is 9.72. The highest BCUT2D eigenvalue weighted by Crippen LogP contribution is 2.42. The van der Waals surface area contributed by atoms with Crippen molar-refractivity contribution >= 4 is 11.7 Å². The van der Waals surface area contributed by atoms with E-state index in [9.17, 15) is 31.1 Å². The fourth-order valence-corrected chi connectivity index (χ4v) is 4.03. The molecule has 1 aromatic heterocycles. The van der Waals surface area contributed by atoms with Gasteiger partial charge in [-0.1, -0.05) is 18.2 Å². The van der Waals surface area contributed by atoms with Crippen molar-refractivity contribution in [3.8, 4) is 0 Å². The molecule has 0 spiro atoms. The summed E-state index contributed by atoms with van der Waals surface area (Å²) in [5.74, 6) is -0.127. The largest absolute Gasteiger partial charge is 0.416 e. The summed E-state index contributed by atoms with van der Waals surface area (Å²) in [6.07, 6.45) is -9.83. The Bertz CT molecular complexity index is 1180. The van der Waals surface area contributed by atoms with Crippen LogP contribution in [0.3, 0.4) is 0 Å². The van der Waals surface area contributed by atoms with Crippen LogP contribution in [0.25, 0.3) is 0 Å². The lowest BCUT2D eigenvalue weighted by Crippen LogP contribution is -2.35. The minimum absolute atomic E-state index is 0.113. The maximum Gasteiger partial charge on any atom is 0.416 e. The van der Waals surface area contributed by atoms with Crippen molar-refractivity contribution in [1.82, 2.24) is 15.1 Å². The molecule has 180 valence electrons. The number of aromatic amines is 1. The molecule has 1 aliphatic heterocycles. The summed E-state index contributed by atoms with van der Waals surface area (Å²) in [6.45, 7) is 3.55. The van der Waals surface area contributed by atoms with Crippen LogP contribution < -0.4 is 5.32 Å². The Morgan fingerprint density at radius 1 is 1.03 bits per heavy atom. The van der Waals surface area contributed by atoms with E-state index in [0.717, 1.165) is 12.1 Å². The summed E-state index contributed by atoms with van der Waals surface area (Å²) in [7, 11) is 0. The second-order valence-electron chi connectivity index (χ2n) is 8.58. The summed E-state index contributed by atoms with van der Waals surface area (Å²) < 4.78 is 79.5. The molecule has 2 N–H and O–H groups in total. The van der Waals surface area contributed by atoms with Gasteiger partial charge in [-0.2, -0.15) is 31.4 Å². The standard InChI is InChI=1S/C23H20F6N4O/c1-21(2)18-17(19(32-31-18)30-20(34)14-6-4-3-5-7-14)12-33(21)11-13-8-15(22(24,25)26)10-16(9-13)23(27,28)29/h3-10H,11-12H2,1-2H3,(H2,30,31,32,34). The number of nitrogens with zero attached hydrogens (tertiary/aromatic N) is 2. The van der Waals surface area contributed by atoms with Crippen LogP contribution in [0.2, 0.25) is 0 Å². The van der Waals surface area contributed by atoms with Crippen molar-refractivity contribution in [2.24, 2.45) is 0 Å². The number of hydrogen-bond donors (Lipinski definition) is 2. The Hall–Kier alpha value is -3.34. The molecule has 1 aliphatic rings. The number of benzene rings is 2. The monoisotopic (exact) mass is 482 g/mol. The molecular weight excluding hydrogens is 462 g/mol. The predicted molar refractivity (Wildman–Crippen MR) is 112 cm³/mol. The molecule has 2 heterocycles. The van der Waals surface area contributed by atoms with E-state index in [4.69, 9.17) is 0 Å². The molecule has 11 heteroatoms. The van der Waals surface area contributed by atoms with Crippen LogP contribution in [0.5, 0.6) is 0 Å². The van der Waals surface area contributed by atoms with E-state index in [2.05, 4.69) is 15.5 Å². The van der Waals surface area contributed by atoms with Crippen molar-refractivity contribution in [2.75, 3.05) is 5.32 Å². The quantitative estimate of drug-likeness (QED) is 0.452. The fraction of sp³-hybridized carbons (Fsp3) is 0.304. The van der Waals surface area contributed by atoms with E-state index in [0.29, 0.717) is 16.8 Å². The fourth-order valence-electron chi connectivity index (χ4n) is 4.03. The third-order valence-electron chi connectivity index (χ3n) is 5.91. The van der Waals surface area contributed by atoms with Crippen molar-refractivity contribution in [2.45, 2.75) is 44.8 Å². The van der Waals surface area contributed by atoms with Gasteiger partial charge in [-0.3, -0.25) is 14.8 Å². The first-order chi connectivity index (χ1) is 15.8. The number of anilines is 1. The molecule has 0 radical (unpaired) electrons. The molecule has 0 saturated carbocycles. The molecule has 0 aliphatic carbocycles. The zero-order chi connectivity index (χ0) is 24.9. The molecule has 5 nitrogen and oxygen atoms in total. The lowest BCUT2D eigenvalue weighted by molar-refractivity contribution is -0.143. The normalized spacial score (nSPS) is 15.9. The predicted octanol–water partition coefficient (Wildman–Crippen LogP) is 5.95. The van der Waals surface area contributed by atoms with Gasteiger partial charge in [0.15, 0.2) is 5.82 Å². The number of carbonyl (C=O) groups is 1. The Balaban J connectivity index is 1.61. The zero-order valence-corrected chi connectivity index (χ0v) is 18.1. The second kappa shape index (κ2) is 8.15. The van der Waals surface area contributed by atoms with Gasteiger partial charge in [0.2, 0.25) is 0 Å². The minimum atomic E-state index is -4.92. The van der Waals surface area contributed by atoms with Gasteiger partial charge in [0, 0.05) is 24.2 Å². The smallest absolute Gasteiger partial charge is 0.305 e. The van der Waals surface area contributed by atoms with Crippen LogP contribution in [0.15, 0.2) is 48.5 Å². The molecule has 0 unspecified atom stereocenters. The first kappa shape index (κ1) is 23.8. The van der Waals surface area contributed by atoms with E-state index in [1.54, 1.807) is 49.1 Å². The second-order valence-corrected chi connectivity index (χ2v) is 8.58. The van der Waals surface area contributed by atoms with Crippen LogP contribution in [-0.2, 0) is 31.0 Å². The van der Waals surface area contributed by atoms with Crippen LogP contribution in [0, 0.1) is 0 Å². The number of fused-ring (bicyclic) bond motifs is 1. The number of rotatable bonds is 4. The summed E-state index contributed by atoms with van der Waals surface area (Å²) >= 11 is 0. The highest BCUT2D eigenvalue weighted by Gasteiger charge is 2.42. The van der Waals surface area contributed by atoms with Crippen molar-refractivity contribution in [3.05, 3.63) is 82.0 Å². The Kier molecular flexibility index (Phi) is 5.71. The summed E-state index contributed by atoms with van der Waals surface area (Å²) in [5.41, 5.74) is -1.96. The maximum atomic E-state index is 13.2. The van der Waals surface area contributed by atoms with Gasteiger partial charge in [-0.25, -0.2) is 0 Å². The number of halogens is 6. The first-order valence-corrected chi connectivity index (χ1v) is 10.2. The molecule has 0 bridgehead atoms. The van der Waals surface area contributed by atoms with E-state index in [-0.39, 0.29) is 36.4 Å². The first-order valence-electron chi connectivity index (χ1n) is 10.2. The Morgan fingerprint density at radius 2 is 1.62 bits per heavy atom. The van der Waals surface area contributed by atoms with Crippen LogP contribution in [-0.4, -0.2) is 21.0 Å². The van der Waals surface area contributed by atoms with Gasteiger partial charge in [0.25, 0.3) is 5.91 Å². The van der Waals surface area contributed by atoms with Crippen molar-refractivity contribution in [3.63, 3.8) is 0 Å². The molecule has 34 heavy (non-hydrogen) atoms. The molecule has 0 fully saturated rings. The molecule has 3 aromatic rings. The lowest BCUT2D eigenvalue weighted by Gasteiger charge is -2.32. The summed E-state index contributed by atoms with van der Waals surface area (Å²) in [6, 6.07) is 10.0. The van der Waals surface area contributed by atoms with E-state index in [1.807, 2.05) is 0 Å². The van der Waals surface area contributed by atoms with Crippen molar-refractivity contribution in [1.29, 1.82) is 0 Å². The number of H-pyrrole nitrogens is 1. The van der Waals surface area contributed by atoms with Crippen LogP contribution >= 0.6 is 0 Å². The number of amides is 1. The topological polar surface area (TPSA) is 61.0 Å². The molecule has 4 rings (SSSR count). The van der Waals surface area contributed by atoms with E-state index >= 15 is 0 Å². The number of nitrogens with one attached hydrogen (secondary N) is 2. The third-order valence-corrected chi connectivity index (χ3v) is 5.91. The molecule has 2 aromatic carbocycles.